The van der Waals surface area contributed by atoms with Crippen LogP contribution in [0.1, 0.15) is 44.4 Å². The summed E-state index contributed by atoms with van der Waals surface area (Å²) in [5.74, 6) is -0.564. The summed E-state index contributed by atoms with van der Waals surface area (Å²) in [5.41, 5.74) is 0.589. The Morgan fingerprint density at radius 2 is 2.09 bits per heavy atom. The minimum absolute atomic E-state index is 0.0403. The Balaban J connectivity index is 2.34. The van der Waals surface area contributed by atoms with Crippen LogP contribution < -0.4 is 4.72 Å². The van der Waals surface area contributed by atoms with Gasteiger partial charge in [0.15, 0.2) is 0 Å². The van der Waals surface area contributed by atoms with Gasteiger partial charge in [0.1, 0.15) is 5.82 Å². The molecule has 0 amide bonds. The number of rotatable bonds is 5. The average Bonchev–Trinajstić information content (AvgIpc) is 3.19. The fourth-order valence-electron chi connectivity index (χ4n) is 1.96. The molecule has 1 saturated heterocycles. The molecule has 22 heavy (non-hydrogen) atoms. The average molecular weight is 326 g/mol. The van der Waals surface area contributed by atoms with Gasteiger partial charge >= 0.3 is 0 Å². The number of hydrogen-bond acceptors (Lipinski definition) is 4. The molecule has 0 aliphatic carbocycles. The van der Waals surface area contributed by atoms with Gasteiger partial charge < -0.3 is 4.74 Å². The van der Waals surface area contributed by atoms with Crippen molar-refractivity contribution in [2.24, 2.45) is 0 Å². The number of benzene rings is 1. The molecule has 2 unspecified atom stereocenters. The summed E-state index contributed by atoms with van der Waals surface area (Å²) in [6.45, 7) is 5.33. The second kappa shape index (κ2) is 5.95. The molecule has 0 bridgehead atoms. The normalized spacial score (nSPS) is 19.5. The summed E-state index contributed by atoms with van der Waals surface area (Å²) in [5, 5.41) is 8.94. The molecule has 2 atom stereocenters. The smallest absolute Gasteiger partial charge is 0.217 e. The predicted molar refractivity (Wildman–Crippen MR) is 80.0 cm³/mol. The maximum absolute atomic E-state index is 13.6. The number of nitrogens with one attached hydrogen (secondary N) is 1. The summed E-state index contributed by atoms with van der Waals surface area (Å²) < 4.78 is 45.2. The van der Waals surface area contributed by atoms with Crippen LogP contribution in [0.3, 0.4) is 0 Å². The molecule has 1 aromatic carbocycles. The van der Waals surface area contributed by atoms with Crippen molar-refractivity contribution in [3.8, 4) is 6.07 Å². The van der Waals surface area contributed by atoms with E-state index in [2.05, 4.69) is 4.72 Å². The molecule has 0 aromatic heterocycles. The highest BCUT2D eigenvalue weighted by Gasteiger charge is 2.35. The van der Waals surface area contributed by atoms with E-state index in [0.29, 0.717) is 18.6 Å². The van der Waals surface area contributed by atoms with Crippen molar-refractivity contribution in [1.29, 1.82) is 5.26 Å². The predicted octanol–water partition coefficient (Wildman–Crippen LogP) is 2.25. The zero-order chi connectivity index (χ0) is 16.5. The van der Waals surface area contributed by atoms with Crippen LogP contribution in [0.4, 0.5) is 4.39 Å². The Bertz CT molecular complexity index is 700. The summed E-state index contributed by atoms with van der Waals surface area (Å²) in [6.07, 6.45) is 0.366. The molecule has 0 saturated carbocycles. The molecule has 1 heterocycles. The van der Waals surface area contributed by atoms with Gasteiger partial charge in [0, 0.05) is 6.04 Å². The minimum atomic E-state index is -3.61. The minimum Gasteiger partial charge on any atom is -0.373 e. The van der Waals surface area contributed by atoms with Gasteiger partial charge in [-0.15, -0.1) is 0 Å². The first-order valence-corrected chi connectivity index (χ1v) is 8.45. The van der Waals surface area contributed by atoms with E-state index >= 15 is 0 Å². The Labute approximate surface area is 130 Å². The molecule has 0 radical (unpaired) electrons. The second-order valence-corrected chi connectivity index (χ2v) is 8.83. The number of hydrogen-bond donors (Lipinski definition) is 1. The van der Waals surface area contributed by atoms with Gasteiger partial charge in [-0.3, -0.25) is 0 Å². The lowest BCUT2D eigenvalue weighted by atomic mass is 10.0. The fourth-order valence-corrected chi connectivity index (χ4v) is 2.92. The lowest BCUT2D eigenvalue weighted by molar-refractivity contribution is 0.374. The van der Waals surface area contributed by atoms with E-state index in [1.165, 1.54) is 12.1 Å². The largest absolute Gasteiger partial charge is 0.373 e. The van der Waals surface area contributed by atoms with Gasteiger partial charge in [0.2, 0.25) is 10.0 Å². The van der Waals surface area contributed by atoms with Crippen molar-refractivity contribution in [3.05, 3.63) is 35.1 Å². The third kappa shape index (κ3) is 4.03. The second-order valence-electron chi connectivity index (χ2n) is 6.36. The highest BCUT2D eigenvalue weighted by Crippen LogP contribution is 2.29. The molecular weight excluding hydrogens is 307 g/mol. The first-order valence-electron chi connectivity index (χ1n) is 6.96. The van der Waals surface area contributed by atoms with Crippen LogP contribution in [0.15, 0.2) is 18.2 Å². The number of halogens is 1. The van der Waals surface area contributed by atoms with E-state index in [1.807, 2.05) is 6.07 Å². The van der Waals surface area contributed by atoms with Gasteiger partial charge in [-0.1, -0.05) is 0 Å². The van der Waals surface area contributed by atoms with Gasteiger partial charge in [-0.25, -0.2) is 17.5 Å². The Hall–Kier alpha value is -1.49. The molecule has 7 heteroatoms. The highest BCUT2D eigenvalue weighted by molar-refractivity contribution is 7.90. The zero-order valence-corrected chi connectivity index (χ0v) is 13.6. The molecule has 1 aliphatic rings. The van der Waals surface area contributed by atoms with E-state index in [-0.39, 0.29) is 11.7 Å². The lowest BCUT2D eigenvalue weighted by Gasteiger charge is -2.25. The van der Waals surface area contributed by atoms with Crippen LogP contribution in [0.2, 0.25) is 0 Å². The maximum atomic E-state index is 13.6. The standard InChI is InChI=1S/C15H19FN2O3S/c1-15(2,3)22(19,20)18-14(7-13-9-21-13)11-4-10(8-17)5-12(16)6-11/h4-6,13-14,18H,7,9H2,1-3H3. The number of epoxide rings is 1. The van der Waals surface area contributed by atoms with E-state index in [1.54, 1.807) is 20.8 Å². The summed E-state index contributed by atoms with van der Waals surface area (Å²) in [4.78, 5) is 0. The van der Waals surface area contributed by atoms with Crippen molar-refractivity contribution in [2.45, 2.75) is 44.1 Å². The molecular formula is C15H19FN2O3S. The Morgan fingerprint density at radius 1 is 1.45 bits per heavy atom. The van der Waals surface area contributed by atoms with Crippen LogP contribution in [0.5, 0.6) is 0 Å². The first-order chi connectivity index (χ1) is 10.1. The fraction of sp³-hybridized carbons (Fsp3) is 0.533. The summed E-state index contributed by atoms with van der Waals surface area (Å²) in [7, 11) is -3.61. The zero-order valence-electron chi connectivity index (χ0n) is 12.8. The van der Waals surface area contributed by atoms with Gasteiger partial charge in [-0.05, 0) is 51.0 Å². The van der Waals surface area contributed by atoms with Crippen molar-refractivity contribution in [1.82, 2.24) is 4.72 Å². The maximum Gasteiger partial charge on any atom is 0.217 e. The summed E-state index contributed by atoms with van der Waals surface area (Å²) >= 11 is 0. The van der Waals surface area contributed by atoms with Gasteiger partial charge in [0.05, 0.1) is 29.1 Å². The molecule has 1 aliphatic heterocycles. The lowest BCUT2D eigenvalue weighted by Crippen LogP contribution is -2.41. The number of nitrogens with zero attached hydrogens (tertiary/aromatic N) is 1. The molecule has 120 valence electrons. The summed E-state index contributed by atoms with van der Waals surface area (Å²) in [6, 6.07) is 5.12. The Kier molecular flexibility index (Phi) is 4.57. The number of ether oxygens (including phenoxy) is 1. The van der Waals surface area contributed by atoms with Crippen LogP contribution in [-0.2, 0) is 14.8 Å². The van der Waals surface area contributed by atoms with Crippen molar-refractivity contribution in [3.63, 3.8) is 0 Å². The molecule has 1 N–H and O–H groups in total. The SMILES string of the molecule is CC(C)(C)S(=O)(=O)NC(CC1CO1)c1cc(F)cc(C#N)c1. The van der Waals surface area contributed by atoms with E-state index < -0.39 is 26.6 Å². The van der Waals surface area contributed by atoms with E-state index in [0.717, 1.165) is 6.07 Å². The molecule has 1 aromatic rings. The van der Waals surface area contributed by atoms with Crippen LogP contribution in [-0.4, -0.2) is 25.9 Å². The molecule has 0 spiro atoms. The number of nitriles is 1. The molecule has 1 fully saturated rings. The molecule has 2 rings (SSSR count). The van der Waals surface area contributed by atoms with Crippen LogP contribution in [0.25, 0.3) is 0 Å². The van der Waals surface area contributed by atoms with E-state index in [9.17, 15) is 12.8 Å². The van der Waals surface area contributed by atoms with Crippen molar-refractivity contribution >= 4 is 10.0 Å². The first kappa shape index (κ1) is 16.9. The van der Waals surface area contributed by atoms with Crippen LogP contribution >= 0.6 is 0 Å². The Morgan fingerprint density at radius 3 is 2.59 bits per heavy atom. The topological polar surface area (TPSA) is 82.5 Å². The monoisotopic (exact) mass is 326 g/mol. The quantitative estimate of drug-likeness (QED) is 0.841. The molecule has 5 nitrogen and oxygen atoms in total. The van der Waals surface area contributed by atoms with E-state index in [4.69, 9.17) is 10.00 Å². The van der Waals surface area contributed by atoms with Crippen molar-refractivity contribution in [2.75, 3.05) is 6.61 Å². The number of sulfonamides is 1. The third-order valence-corrected chi connectivity index (χ3v) is 5.66. The highest BCUT2D eigenvalue weighted by atomic mass is 32.2. The van der Waals surface area contributed by atoms with Crippen LogP contribution in [0, 0.1) is 17.1 Å². The van der Waals surface area contributed by atoms with Gasteiger partial charge in [-0.2, -0.15) is 5.26 Å². The van der Waals surface area contributed by atoms with Gasteiger partial charge in [0.25, 0.3) is 0 Å². The third-order valence-electron chi connectivity index (χ3n) is 3.46. The van der Waals surface area contributed by atoms with Crippen molar-refractivity contribution < 1.29 is 17.5 Å².